The van der Waals surface area contributed by atoms with Crippen LogP contribution in [0.25, 0.3) is 11.3 Å². The maximum Gasteiger partial charge on any atom is 0.223 e. The first kappa shape index (κ1) is 17.6. The van der Waals surface area contributed by atoms with E-state index in [-0.39, 0.29) is 0 Å². The highest BCUT2D eigenvalue weighted by atomic mass is 15.1. The Bertz CT molecular complexity index is 1090. The van der Waals surface area contributed by atoms with Crippen LogP contribution in [0, 0.1) is 0 Å². The summed E-state index contributed by atoms with van der Waals surface area (Å²) in [5.74, 6) is 1.04. The fraction of sp³-hybridized carbons (Fsp3) is 0.208. The summed E-state index contributed by atoms with van der Waals surface area (Å²) in [5, 5.41) is 3.37. The Morgan fingerprint density at radius 2 is 1.90 bits per heavy atom. The van der Waals surface area contributed by atoms with Crippen LogP contribution in [0.15, 0.2) is 79.5 Å². The molecule has 0 radical (unpaired) electrons. The molecule has 1 aliphatic rings. The first-order valence-electron chi connectivity index (χ1n) is 10.1. The Balaban J connectivity index is 1.37. The van der Waals surface area contributed by atoms with Gasteiger partial charge in [0.2, 0.25) is 5.95 Å². The average molecular weight is 381 g/mol. The van der Waals surface area contributed by atoms with Crippen molar-refractivity contribution in [1.82, 2.24) is 19.5 Å². The molecule has 2 aromatic heterocycles. The molecule has 0 bridgehead atoms. The Hall–Kier alpha value is -3.47. The minimum Gasteiger partial charge on any atom is -0.354 e. The van der Waals surface area contributed by atoms with E-state index in [0.717, 1.165) is 31.6 Å². The molecule has 0 amide bonds. The summed E-state index contributed by atoms with van der Waals surface area (Å²) in [4.78, 5) is 13.5. The van der Waals surface area contributed by atoms with Crippen LogP contribution < -0.4 is 5.32 Å². The van der Waals surface area contributed by atoms with Crippen molar-refractivity contribution in [3.8, 4) is 11.3 Å². The quantitative estimate of drug-likeness (QED) is 0.499. The summed E-state index contributed by atoms with van der Waals surface area (Å²) < 4.78 is 2.08. The molecule has 0 spiro atoms. The summed E-state index contributed by atoms with van der Waals surface area (Å²) in [7, 11) is 0. The van der Waals surface area contributed by atoms with Gasteiger partial charge in [0.15, 0.2) is 0 Å². The number of hydrogen-bond acceptors (Lipinski definition) is 4. The van der Waals surface area contributed by atoms with Gasteiger partial charge in [0, 0.05) is 43.2 Å². The molecule has 0 saturated heterocycles. The Morgan fingerprint density at radius 3 is 2.76 bits per heavy atom. The molecule has 1 aliphatic carbocycles. The second-order valence-electron chi connectivity index (χ2n) is 7.40. The minimum absolute atomic E-state index is 0.345. The third-order valence-corrected chi connectivity index (χ3v) is 5.52. The van der Waals surface area contributed by atoms with Crippen molar-refractivity contribution in [3.63, 3.8) is 0 Å². The number of nitrogens with one attached hydrogen (secondary N) is 1. The van der Waals surface area contributed by atoms with E-state index >= 15 is 0 Å². The molecule has 0 aliphatic heterocycles. The smallest absolute Gasteiger partial charge is 0.223 e. The third-order valence-electron chi connectivity index (χ3n) is 5.52. The standard InChI is InChI=1S/C24H23N5/c1-2-7-18(8-3-1)22-15-19-16-27-24(26-11-6-13-29-14-12-25-17-29)28-23(19)21-10-5-4-9-20(21)22/h1-5,7-10,12,14,16-17,22H,6,11,13,15H2,(H,26,27,28). The van der Waals surface area contributed by atoms with Crippen LogP contribution in [0.5, 0.6) is 0 Å². The SMILES string of the molecule is c1ccc(C2Cc3cnc(NCCCn4ccnc4)nc3-c3ccccc32)cc1. The van der Waals surface area contributed by atoms with E-state index in [4.69, 9.17) is 4.98 Å². The summed E-state index contributed by atoms with van der Waals surface area (Å²) in [5.41, 5.74) is 6.16. The van der Waals surface area contributed by atoms with E-state index in [1.807, 2.05) is 18.7 Å². The lowest BCUT2D eigenvalue weighted by Crippen LogP contribution is -2.16. The van der Waals surface area contributed by atoms with Gasteiger partial charge < -0.3 is 9.88 Å². The van der Waals surface area contributed by atoms with Crippen LogP contribution in [0.2, 0.25) is 0 Å². The first-order chi connectivity index (χ1) is 14.4. The lowest BCUT2D eigenvalue weighted by Gasteiger charge is -2.27. The van der Waals surface area contributed by atoms with Crippen molar-refractivity contribution in [1.29, 1.82) is 0 Å². The molecule has 1 atom stereocenters. The number of benzene rings is 2. The van der Waals surface area contributed by atoms with Crippen LogP contribution in [0.4, 0.5) is 5.95 Å². The van der Waals surface area contributed by atoms with E-state index in [0.29, 0.717) is 11.9 Å². The largest absolute Gasteiger partial charge is 0.354 e. The van der Waals surface area contributed by atoms with Gasteiger partial charge in [-0.2, -0.15) is 0 Å². The zero-order valence-corrected chi connectivity index (χ0v) is 16.2. The van der Waals surface area contributed by atoms with Crippen molar-refractivity contribution in [2.45, 2.75) is 25.3 Å². The van der Waals surface area contributed by atoms with E-state index in [2.05, 4.69) is 74.4 Å². The van der Waals surface area contributed by atoms with E-state index in [1.165, 1.54) is 22.3 Å². The Kier molecular flexibility index (Phi) is 4.78. The zero-order valence-electron chi connectivity index (χ0n) is 16.2. The molecule has 1 unspecified atom stereocenters. The number of hydrogen-bond donors (Lipinski definition) is 1. The van der Waals surface area contributed by atoms with Gasteiger partial charge in [0.05, 0.1) is 12.0 Å². The van der Waals surface area contributed by atoms with Crippen molar-refractivity contribution in [2.75, 3.05) is 11.9 Å². The zero-order chi connectivity index (χ0) is 19.5. The predicted molar refractivity (Wildman–Crippen MR) is 115 cm³/mol. The van der Waals surface area contributed by atoms with Crippen molar-refractivity contribution < 1.29 is 0 Å². The van der Waals surface area contributed by atoms with Crippen LogP contribution in [0.3, 0.4) is 0 Å². The molecule has 29 heavy (non-hydrogen) atoms. The fourth-order valence-electron chi connectivity index (χ4n) is 4.08. The summed E-state index contributed by atoms with van der Waals surface area (Å²) in [6, 6.07) is 19.3. The molecule has 4 aromatic rings. The van der Waals surface area contributed by atoms with Gasteiger partial charge in [-0.05, 0) is 29.5 Å². The molecule has 5 nitrogen and oxygen atoms in total. The van der Waals surface area contributed by atoms with Gasteiger partial charge in [-0.15, -0.1) is 0 Å². The molecule has 1 N–H and O–H groups in total. The molecule has 0 saturated carbocycles. The monoisotopic (exact) mass is 381 g/mol. The number of imidazole rings is 1. The maximum atomic E-state index is 4.88. The van der Waals surface area contributed by atoms with E-state index in [1.54, 1.807) is 6.20 Å². The minimum atomic E-state index is 0.345. The van der Waals surface area contributed by atoms with Crippen LogP contribution in [-0.2, 0) is 13.0 Å². The number of anilines is 1. The van der Waals surface area contributed by atoms with Crippen LogP contribution >= 0.6 is 0 Å². The molecule has 0 fully saturated rings. The fourth-order valence-corrected chi connectivity index (χ4v) is 4.08. The summed E-state index contributed by atoms with van der Waals surface area (Å²) in [6.07, 6.45) is 9.54. The highest BCUT2D eigenvalue weighted by molar-refractivity contribution is 5.72. The van der Waals surface area contributed by atoms with Gasteiger partial charge >= 0.3 is 0 Å². The lowest BCUT2D eigenvalue weighted by molar-refractivity contribution is 0.659. The maximum absolute atomic E-state index is 4.88. The van der Waals surface area contributed by atoms with Gasteiger partial charge in [-0.1, -0.05) is 54.6 Å². The average Bonchev–Trinajstić information content (AvgIpc) is 3.30. The first-order valence-corrected chi connectivity index (χ1v) is 10.1. The number of nitrogens with zero attached hydrogens (tertiary/aromatic N) is 4. The van der Waals surface area contributed by atoms with Crippen molar-refractivity contribution >= 4 is 5.95 Å². The number of aromatic nitrogens is 4. The number of fused-ring (bicyclic) bond motifs is 3. The summed E-state index contributed by atoms with van der Waals surface area (Å²) in [6.45, 7) is 1.75. The predicted octanol–water partition coefficient (Wildman–Crippen LogP) is 4.53. The van der Waals surface area contributed by atoms with Crippen LogP contribution in [0.1, 0.15) is 29.0 Å². The van der Waals surface area contributed by atoms with E-state index in [9.17, 15) is 0 Å². The summed E-state index contributed by atoms with van der Waals surface area (Å²) >= 11 is 0. The molecular formula is C24H23N5. The molecule has 5 rings (SSSR count). The molecule has 2 aromatic carbocycles. The number of aryl methyl sites for hydroxylation is 1. The highest BCUT2D eigenvalue weighted by Gasteiger charge is 2.27. The van der Waals surface area contributed by atoms with Gasteiger partial charge in [0.25, 0.3) is 0 Å². The molecular weight excluding hydrogens is 358 g/mol. The highest BCUT2D eigenvalue weighted by Crippen LogP contribution is 2.41. The Morgan fingerprint density at radius 1 is 1.03 bits per heavy atom. The molecule has 2 heterocycles. The van der Waals surface area contributed by atoms with E-state index < -0.39 is 0 Å². The number of rotatable bonds is 6. The van der Waals surface area contributed by atoms with Crippen molar-refractivity contribution in [3.05, 3.63) is 96.2 Å². The second kappa shape index (κ2) is 7.87. The molecule has 5 heteroatoms. The van der Waals surface area contributed by atoms with Gasteiger partial charge in [-0.3, -0.25) is 0 Å². The third kappa shape index (κ3) is 3.63. The van der Waals surface area contributed by atoms with Crippen molar-refractivity contribution in [2.24, 2.45) is 0 Å². The topological polar surface area (TPSA) is 55.6 Å². The normalized spacial score (nSPS) is 14.8. The Labute approximate surface area is 170 Å². The second-order valence-corrected chi connectivity index (χ2v) is 7.40. The van der Waals surface area contributed by atoms with Gasteiger partial charge in [-0.25, -0.2) is 15.0 Å². The van der Waals surface area contributed by atoms with Gasteiger partial charge in [0.1, 0.15) is 0 Å². The molecule has 144 valence electrons. The van der Waals surface area contributed by atoms with Crippen LogP contribution in [-0.4, -0.2) is 26.1 Å². The lowest BCUT2D eigenvalue weighted by atomic mass is 9.78.